The molecule has 1 aliphatic rings. The first-order chi connectivity index (χ1) is 37.3. The SMILES string of the molecule is CNc1nc2ncc(-c3c(C)noc3C)cc2n1Cc1cccc(OCC(=O)NCCOCCOCCOCCOc2ccc(NCC#Cc3cc4c(N[C@@H]5CCN(C)C[C@@H]5F)cccc4n3CC(F)(F)F)c(OC)c2)c1. The first-order valence-electron chi connectivity index (χ1n) is 25.3. The molecule has 0 spiro atoms. The molecule has 0 radical (unpaired) electrons. The van der Waals surface area contributed by atoms with Crippen LogP contribution in [0, 0.1) is 25.7 Å². The number of aryl methyl sites for hydroxylation is 2. The zero-order chi connectivity index (χ0) is 54.3. The molecule has 5 heterocycles. The van der Waals surface area contributed by atoms with Gasteiger partial charge in [0, 0.05) is 61.1 Å². The Balaban J connectivity index is 0.683. The van der Waals surface area contributed by atoms with Gasteiger partial charge in [0.05, 0.1) is 94.0 Å². The lowest BCUT2D eigenvalue weighted by molar-refractivity contribution is -0.140. The second-order valence-electron chi connectivity index (χ2n) is 18.3. The predicted octanol–water partition coefficient (Wildman–Crippen LogP) is 7.86. The van der Waals surface area contributed by atoms with Gasteiger partial charge in [0.25, 0.3) is 5.91 Å². The van der Waals surface area contributed by atoms with Crippen molar-refractivity contribution in [2.45, 2.75) is 51.7 Å². The number of hydrogen-bond acceptors (Lipinski definition) is 15. The quantitative estimate of drug-likeness (QED) is 0.0233. The number of pyridine rings is 1. The molecule has 1 fully saturated rings. The summed E-state index contributed by atoms with van der Waals surface area (Å²) in [5, 5.41) is 17.0. The van der Waals surface area contributed by atoms with Crippen molar-refractivity contribution in [1.29, 1.82) is 0 Å². The average molecular weight is 1070 g/mol. The number of carbonyl (C=O) groups excluding carboxylic acids is 1. The van der Waals surface area contributed by atoms with E-state index in [1.807, 2.05) is 61.7 Å². The van der Waals surface area contributed by atoms with Crippen molar-refractivity contribution >= 4 is 45.3 Å². The van der Waals surface area contributed by atoms with E-state index < -0.39 is 24.9 Å². The van der Waals surface area contributed by atoms with Gasteiger partial charge in [-0.1, -0.05) is 29.3 Å². The molecule has 1 amide bonds. The van der Waals surface area contributed by atoms with E-state index in [1.54, 1.807) is 54.7 Å². The number of rotatable bonds is 26. The van der Waals surface area contributed by atoms with Crippen molar-refractivity contribution in [1.82, 2.24) is 34.5 Å². The van der Waals surface area contributed by atoms with Gasteiger partial charge in [-0.25, -0.2) is 9.37 Å². The number of benzene rings is 3. The van der Waals surface area contributed by atoms with E-state index in [1.165, 1.54) is 7.11 Å². The molecule has 22 heteroatoms. The Morgan fingerprint density at radius 3 is 2.39 bits per heavy atom. The monoisotopic (exact) mass is 1070 g/mol. The van der Waals surface area contributed by atoms with Crippen LogP contribution in [-0.2, 0) is 32.1 Å². The van der Waals surface area contributed by atoms with Gasteiger partial charge in [-0.15, -0.1) is 0 Å². The highest BCUT2D eigenvalue weighted by molar-refractivity contribution is 5.94. The minimum absolute atomic E-state index is 0.113. The number of alkyl halides is 4. The Morgan fingerprint density at radius 2 is 1.65 bits per heavy atom. The summed E-state index contributed by atoms with van der Waals surface area (Å²) in [4.78, 5) is 23.7. The van der Waals surface area contributed by atoms with Crippen LogP contribution in [-0.4, -0.2) is 154 Å². The Bertz CT molecular complexity index is 3130. The predicted molar refractivity (Wildman–Crippen MR) is 285 cm³/mol. The number of piperidine rings is 1. The third-order valence-corrected chi connectivity index (χ3v) is 12.7. The number of nitrogens with one attached hydrogen (secondary N) is 4. The van der Waals surface area contributed by atoms with Gasteiger partial charge in [-0.2, -0.15) is 18.2 Å². The largest absolute Gasteiger partial charge is 0.494 e. The molecule has 410 valence electrons. The maximum absolute atomic E-state index is 14.9. The highest BCUT2D eigenvalue weighted by Gasteiger charge is 2.31. The number of methoxy groups -OCH3 is 1. The van der Waals surface area contributed by atoms with Crippen LogP contribution in [0.15, 0.2) is 83.5 Å². The maximum atomic E-state index is 14.9. The van der Waals surface area contributed by atoms with Crippen LogP contribution in [0.5, 0.6) is 17.2 Å². The summed E-state index contributed by atoms with van der Waals surface area (Å²) in [6.07, 6.45) is -3.25. The number of likely N-dealkylation sites (tertiary alicyclic amines) is 1. The molecule has 2 atom stereocenters. The third-order valence-electron chi connectivity index (χ3n) is 12.7. The lowest BCUT2D eigenvalue weighted by atomic mass is 10.0. The van der Waals surface area contributed by atoms with Crippen molar-refractivity contribution < 1.29 is 55.3 Å². The molecule has 0 aliphatic carbocycles. The first-order valence-corrected chi connectivity index (χ1v) is 25.3. The van der Waals surface area contributed by atoms with Crippen LogP contribution in [0.3, 0.4) is 0 Å². The molecule has 4 aromatic heterocycles. The fourth-order valence-electron chi connectivity index (χ4n) is 8.99. The lowest BCUT2D eigenvalue weighted by Crippen LogP contribution is -2.46. The lowest BCUT2D eigenvalue weighted by Gasteiger charge is -2.33. The standard InChI is InChI=1S/C55H64F4N10O8/c1-36-52(37(2)77-66-36)39-28-49-53(63-31-39)65-54(60-3)68(49)32-38-9-6-11-41(27-38)76-34-51(70)62-18-20-72-21-22-73-23-24-74-25-26-75-42-14-15-47(50(30-42)71-5)61-17-8-10-40-29-43-45(64-46-16-19-67(4)33-44(46)56)12-7-13-48(43)69(40)35-55(57,58)59/h6-7,9,11-15,27-31,44,46,61,64H,16-26,32-35H2,1-5H3,(H,62,70)(H,60,63,65)/t44-,46+/m0/s1. The summed E-state index contributed by atoms with van der Waals surface area (Å²) in [5.41, 5.74) is 6.70. The molecule has 0 saturated carbocycles. The molecular formula is C55H64F4N10O8. The number of fused-ring (bicyclic) bond motifs is 2. The fourth-order valence-corrected chi connectivity index (χ4v) is 8.99. The summed E-state index contributed by atoms with van der Waals surface area (Å²) in [6.45, 7) is 6.59. The topological polar surface area (TPSA) is 185 Å². The molecule has 4 N–H and O–H groups in total. The van der Waals surface area contributed by atoms with Gasteiger partial charge >= 0.3 is 6.18 Å². The van der Waals surface area contributed by atoms with Gasteiger partial charge in [-0.3, -0.25) is 4.79 Å². The van der Waals surface area contributed by atoms with E-state index >= 15 is 0 Å². The highest BCUT2D eigenvalue weighted by Crippen LogP contribution is 2.34. The van der Waals surface area contributed by atoms with Crippen LogP contribution in [0.4, 0.5) is 34.9 Å². The van der Waals surface area contributed by atoms with E-state index in [2.05, 4.69) is 48.2 Å². The van der Waals surface area contributed by atoms with Gasteiger partial charge in [0.1, 0.15) is 42.3 Å². The number of imidazole rings is 1. The molecular weight excluding hydrogens is 1000 g/mol. The zero-order valence-corrected chi connectivity index (χ0v) is 43.7. The molecule has 77 heavy (non-hydrogen) atoms. The fraction of sp³-hybridized carbons (Fsp3) is 0.418. The number of halogens is 4. The summed E-state index contributed by atoms with van der Waals surface area (Å²) in [6, 6.07) is 21.0. The van der Waals surface area contributed by atoms with Crippen molar-refractivity contribution in [2.75, 3.05) is 116 Å². The van der Waals surface area contributed by atoms with Gasteiger partial charge in [0.15, 0.2) is 12.3 Å². The number of ether oxygens (including phenoxy) is 6. The Labute approximate surface area is 443 Å². The van der Waals surface area contributed by atoms with Gasteiger partial charge < -0.3 is 68.2 Å². The number of hydrogen-bond donors (Lipinski definition) is 4. The Hall–Kier alpha value is -7.58. The number of aromatic nitrogens is 5. The number of amides is 1. The molecule has 0 bridgehead atoms. The summed E-state index contributed by atoms with van der Waals surface area (Å²) >= 11 is 0. The molecule has 3 aromatic carbocycles. The summed E-state index contributed by atoms with van der Waals surface area (Å²) in [5.74, 6) is 8.53. The zero-order valence-electron chi connectivity index (χ0n) is 43.7. The summed E-state index contributed by atoms with van der Waals surface area (Å²) in [7, 11) is 5.19. The Kier molecular flexibility index (Phi) is 19.1. The van der Waals surface area contributed by atoms with Crippen LogP contribution >= 0.6 is 0 Å². The van der Waals surface area contributed by atoms with Crippen molar-refractivity contribution in [3.8, 4) is 40.2 Å². The van der Waals surface area contributed by atoms with Gasteiger partial charge in [-0.05, 0) is 87.3 Å². The van der Waals surface area contributed by atoms with Crippen LogP contribution in [0.2, 0.25) is 0 Å². The third kappa shape index (κ3) is 15.1. The maximum Gasteiger partial charge on any atom is 0.406 e. The van der Waals surface area contributed by atoms with Crippen LogP contribution in [0.25, 0.3) is 33.2 Å². The van der Waals surface area contributed by atoms with E-state index in [4.69, 9.17) is 32.9 Å². The van der Waals surface area contributed by atoms with E-state index in [0.717, 1.165) is 32.5 Å². The minimum Gasteiger partial charge on any atom is -0.494 e. The first kappa shape index (κ1) is 55.6. The molecule has 8 rings (SSSR count). The van der Waals surface area contributed by atoms with Crippen LogP contribution < -0.4 is 35.5 Å². The van der Waals surface area contributed by atoms with Gasteiger partial charge in [0.2, 0.25) is 5.95 Å². The second-order valence-corrected chi connectivity index (χ2v) is 18.3. The number of anilines is 3. The van der Waals surface area contributed by atoms with E-state index in [9.17, 15) is 22.4 Å². The molecule has 7 aromatic rings. The molecule has 1 aliphatic heterocycles. The smallest absolute Gasteiger partial charge is 0.406 e. The number of nitrogens with zero attached hydrogens (tertiary/aromatic N) is 6. The molecule has 1 saturated heterocycles. The van der Waals surface area contributed by atoms with Crippen molar-refractivity contribution in [3.63, 3.8) is 0 Å². The molecule has 0 unspecified atom stereocenters. The minimum atomic E-state index is -4.48. The normalized spacial score (nSPS) is 14.8. The molecule has 18 nitrogen and oxygen atoms in total. The number of carbonyl (C=O) groups is 1. The highest BCUT2D eigenvalue weighted by atomic mass is 19.4. The van der Waals surface area contributed by atoms with E-state index in [-0.39, 0.29) is 37.9 Å². The second kappa shape index (κ2) is 26.5. The van der Waals surface area contributed by atoms with Crippen molar-refractivity contribution in [2.24, 2.45) is 0 Å². The van der Waals surface area contributed by atoms with Crippen LogP contribution in [0.1, 0.15) is 29.1 Å². The summed E-state index contributed by atoms with van der Waals surface area (Å²) < 4.78 is 98.8. The van der Waals surface area contributed by atoms with Crippen molar-refractivity contribution in [3.05, 3.63) is 102 Å². The van der Waals surface area contributed by atoms with E-state index in [0.29, 0.717) is 123 Å². The Morgan fingerprint density at radius 1 is 0.883 bits per heavy atom. The average Bonchev–Trinajstić information content (AvgIpc) is 4.13.